The highest BCUT2D eigenvalue weighted by Gasteiger charge is 2.36. The monoisotopic (exact) mass is 235 g/mol. The average Bonchev–Trinajstić information content (AvgIpc) is 3.17. The van der Waals surface area contributed by atoms with E-state index >= 15 is 0 Å². The third-order valence-corrected chi connectivity index (χ3v) is 3.31. The molecule has 2 fully saturated rings. The maximum Gasteiger partial charge on any atom is 0.244 e. The Hall–Kier alpha value is -1.59. The smallest absolute Gasteiger partial charge is 0.244 e. The highest BCUT2D eigenvalue weighted by Crippen LogP contribution is 2.34. The van der Waals surface area contributed by atoms with E-state index in [0.29, 0.717) is 6.04 Å². The molecule has 2 N–H and O–H groups in total. The fourth-order valence-electron chi connectivity index (χ4n) is 2.03. The molecule has 0 bridgehead atoms. The lowest BCUT2D eigenvalue weighted by molar-refractivity contribution is -0.132. The van der Waals surface area contributed by atoms with Crippen LogP contribution in [0.1, 0.15) is 25.7 Å². The molecule has 2 saturated carbocycles. The van der Waals surface area contributed by atoms with E-state index in [1.54, 1.807) is 0 Å². The van der Waals surface area contributed by atoms with Crippen molar-refractivity contribution in [3.8, 4) is 0 Å². The van der Waals surface area contributed by atoms with Crippen molar-refractivity contribution in [2.75, 3.05) is 12.3 Å². The lowest BCUT2D eigenvalue weighted by atomic mass is 10.3. The van der Waals surface area contributed by atoms with Crippen molar-refractivity contribution in [1.82, 2.24) is 19.7 Å². The summed E-state index contributed by atoms with van der Waals surface area (Å²) in [6, 6.07) is 0.476. The third kappa shape index (κ3) is 2.57. The van der Waals surface area contributed by atoms with E-state index in [2.05, 4.69) is 10.1 Å². The molecular weight excluding hydrogens is 218 g/mol. The number of nitrogen functional groups attached to an aromatic ring is 1. The van der Waals surface area contributed by atoms with Gasteiger partial charge in [0.15, 0.2) is 0 Å². The van der Waals surface area contributed by atoms with Crippen LogP contribution in [0.4, 0.5) is 5.95 Å². The molecule has 0 unspecified atom stereocenters. The molecule has 1 aromatic heterocycles. The van der Waals surface area contributed by atoms with E-state index in [4.69, 9.17) is 5.73 Å². The Morgan fingerprint density at radius 2 is 2.24 bits per heavy atom. The Labute approximate surface area is 99.8 Å². The van der Waals surface area contributed by atoms with Crippen molar-refractivity contribution >= 4 is 11.9 Å². The molecule has 2 aliphatic carbocycles. The molecule has 6 nitrogen and oxygen atoms in total. The summed E-state index contributed by atoms with van der Waals surface area (Å²) in [5.74, 6) is 1.10. The number of hydrogen-bond donors (Lipinski definition) is 1. The second-order valence-corrected chi connectivity index (χ2v) is 5.02. The number of amides is 1. The second-order valence-electron chi connectivity index (χ2n) is 5.02. The van der Waals surface area contributed by atoms with Gasteiger partial charge in [0.2, 0.25) is 11.9 Å². The van der Waals surface area contributed by atoms with Gasteiger partial charge in [0.1, 0.15) is 12.9 Å². The number of rotatable bonds is 5. The summed E-state index contributed by atoms with van der Waals surface area (Å²) in [7, 11) is 0. The van der Waals surface area contributed by atoms with Gasteiger partial charge in [0, 0.05) is 12.6 Å². The number of nitrogens with two attached hydrogens (primary N) is 1. The summed E-state index contributed by atoms with van der Waals surface area (Å²) >= 11 is 0. The first kappa shape index (κ1) is 10.6. The van der Waals surface area contributed by atoms with Crippen LogP contribution < -0.4 is 5.73 Å². The minimum atomic E-state index is 0.143. The molecule has 0 saturated heterocycles. The normalized spacial score (nSPS) is 19.3. The molecule has 0 aliphatic heterocycles. The van der Waals surface area contributed by atoms with E-state index in [0.717, 1.165) is 25.3 Å². The van der Waals surface area contributed by atoms with Crippen molar-refractivity contribution in [2.45, 2.75) is 38.3 Å². The zero-order chi connectivity index (χ0) is 11.8. The average molecular weight is 235 g/mol. The summed E-state index contributed by atoms with van der Waals surface area (Å²) < 4.78 is 1.51. The Kier molecular flexibility index (Phi) is 2.49. The molecule has 1 heterocycles. The number of anilines is 1. The highest BCUT2D eigenvalue weighted by molar-refractivity contribution is 5.76. The molecule has 0 aromatic carbocycles. The van der Waals surface area contributed by atoms with Crippen molar-refractivity contribution in [3.05, 3.63) is 6.33 Å². The Morgan fingerprint density at radius 3 is 2.76 bits per heavy atom. The van der Waals surface area contributed by atoms with Gasteiger partial charge in [0.05, 0.1) is 0 Å². The molecule has 6 heteroatoms. The van der Waals surface area contributed by atoms with Gasteiger partial charge in [0.25, 0.3) is 0 Å². The topological polar surface area (TPSA) is 77.0 Å². The zero-order valence-electron chi connectivity index (χ0n) is 9.75. The van der Waals surface area contributed by atoms with Gasteiger partial charge in [-0.15, -0.1) is 5.10 Å². The molecule has 0 spiro atoms. The number of carbonyl (C=O) groups is 1. The third-order valence-electron chi connectivity index (χ3n) is 3.31. The van der Waals surface area contributed by atoms with Gasteiger partial charge in [-0.05, 0) is 31.6 Å². The molecule has 92 valence electrons. The van der Waals surface area contributed by atoms with Crippen LogP contribution in [0.25, 0.3) is 0 Å². The summed E-state index contributed by atoms with van der Waals surface area (Å²) in [4.78, 5) is 18.0. The zero-order valence-corrected chi connectivity index (χ0v) is 9.75. The maximum absolute atomic E-state index is 12.2. The van der Waals surface area contributed by atoms with Crippen LogP contribution in [0.15, 0.2) is 6.33 Å². The van der Waals surface area contributed by atoms with Gasteiger partial charge < -0.3 is 10.6 Å². The minimum Gasteiger partial charge on any atom is -0.367 e. The fourth-order valence-corrected chi connectivity index (χ4v) is 2.03. The van der Waals surface area contributed by atoms with Gasteiger partial charge in [-0.25, -0.2) is 9.67 Å². The number of nitrogens with zero attached hydrogens (tertiary/aromatic N) is 4. The van der Waals surface area contributed by atoms with Crippen LogP contribution in [0.5, 0.6) is 0 Å². The standard InChI is InChI=1S/C11H17N5O/c12-11-13-7-15(14-11)6-10(17)16(9-3-4-9)5-8-1-2-8/h7-9H,1-6H2,(H2,12,14). The fraction of sp³-hybridized carbons (Fsp3) is 0.727. The molecule has 0 radical (unpaired) electrons. The number of hydrogen-bond acceptors (Lipinski definition) is 4. The van der Waals surface area contributed by atoms with Crippen LogP contribution >= 0.6 is 0 Å². The highest BCUT2D eigenvalue weighted by atomic mass is 16.2. The predicted octanol–water partition coefficient (Wildman–Crippen LogP) is 0.261. The molecule has 1 amide bonds. The van der Waals surface area contributed by atoms with Crippen LogP contribution in [0.2, 0.25) is 0 Å². The van der Waals surface area contributed by atoms with Crippen molar-refractivity contribution in [2.24, 2.45) is 5.92 Å². The van der Waals surface area contributed by atoms with Crippen LogP contribution in [-0.4, -0.2) is 38.2 Å². The van der Waals surface area contributed by atoms with Crippen molar-refractivity contribution in [3.63, 3.8) is 0 Å². The quantitative estimate of drug-likeness (QED) is 0.794. The first-order valence-corrected chi connectivity index (χ1v) is 6.17. The number of carbonyl (C=O) groups excluding carboxylic acids is 1. The van der Waals surface area contributed by atoms with E-state index in [9.17, 15) is 4.79 Å². The second kappa shape index (κ2) is 4.01. The summed E-state index contributed by atoms with van der Waals surface area (Å²) in [5, 5.41) is 3.94. The predicted molar refractivity (Wildman–Crippen MR) is 61.9 cm³/mol. The van der Waals surface area contributed by atoms with E-state index in [-0.39, 0.29) is 18.4 Å². The molecule has 3 rings (SSSR count). The van der Waals surface area contributed by atoms with Crippen LogP contribution in [0, 0.1) is 5.92 Å². The summed E-state index contributed by atoms with van der Waals surface area (Å²) in [6.07, 6.45) is 6.35. The first-order chi connectivity index (χ1) is 8.22. The lowest BCUT2D eigenvalue weighted by Crippen LogP contribution is -2.37. The molecule has 2 aliphatic rings. The lowest BCUT2D eigenvalue weighted by Gasteiger charge is -2.22. The molecular formula is C11H17N5O. The van der Waals surface area contributed by atoms with Crippen LogP contribution in [-0.2, 0) is 11.3 Å². The maximum atomic E-state index is 12.2. The Morgan fingerprint density at radius 1 is 1.47 bits per heavy atom. The van der Waals surface area contributed by atoms with Gasteiger partial charge >= 0.3 is 0 Å². The van der Waals surface area contributed by atoms with E-state index < -0.39 is 0 Å². The van der Waals surface area contributed by atoms with Gasteiger partial charge in [-0.1, -0.05) is 0 Å². The molecule has 0 atom stereocenters. The minimum absolute atomic E-state index is 0.143. The number of aromatic nitrogens is 3. The summed E-state index contributed by atoms with van der Waals surface area (Å²) in [6.45, 7) is 1.18. The van der Waals surface area contributed by atoms with Crippen LogP contribution in [0.3, 0.4) is 0 Å². The van der Waals surface area contributed by atoms with Gasteiger partial charge in [-0.3, -0.25) is 4.79 Å². The summed E-state index contributed by atoms with van der Waals surface area (Å²) in [5.41, 5.74) is 5.43. The van der Waals surface area contributed by atoms with Gasteiger partial charge in [-0.2, -0.15) is 0 Å². The van der Waals surface area contributed by atoms with E-state index in [1.807, 2.05) is 4.90 Å². The molecule has 1 aromatic rings. The first-order valence-electron chi connectivity index (χ1n) is 6.17. The Bertz CT molecular complexity index is 421. The van der Waals surface area contributed by atoms with Crippen molar-refractivity contribution < 1.29 is 4.79 Å². The van der Waals surface area contributed by atoms with Crippen molar-refractivity contribution in [1.29, 1.82) is 0 Å². The largest absolute Gasteiger partial charge is 0.367 e. The SMILES string of the molecule is Nc1ncn(CC(=O)N(CC2CC2)C2CC2)n1. The van der Waals surface area contributed by atoms with E-state index in [1.165, 1.54) is 23.9 Å². The molecule has 17 heavy (non-hydrogen) atoms. The Balaban J connectivity index is 1.61.